The molecule has 0 saturated carbocycles. The summed E-state index contributed by atoms with van der Waals surface area (Å²) in [5, 5.41) is 10.5. The first kappa shape index (κ1) is 16.7. The van der Waals surface area contributed by atoms with Crippen molar-refractivity contribution in [1.82, 2.24) is 30.0 Å². The highest BCUT2D eigenvalue weighted by molar-refractivity contribution is 7.14. The number of benzene rings is 1. The number of aromatic amines is 2. The highest BCUT2D eigenvalue weighted by atomic mass is 32.1. The van der Waals surface area contributed by atoms with Gasteiger partial charge in [-0.2, -0.15) is 0 Å². The molecule has 2 aromatic heterocycles. The number of piperazine rings is 1. The molecule has 1 fully saturated rings. The molecule has 0 aliphatic carbocycles. The van der Waals surface area contributed by atoms with Crippen molar-refractivity contribution in [1.29, 1.82) is 0 Å². The highest BCUT2D eigenvalue weighted by Gasteiger charge is 2.23. The van der Waals surface area contributed by atoms with Crippen LogP contribution in [0.2, 0.25) is 0 Å². The van der Waals surface area contributed by atoms with Crippen LogP contribution in [0.5, 0.6) is 0 Å². The summed E-state index contributed by atoms with van der Waals surface area (Å²) >= 11 is 1.60. The zero-order valence-corrected chi connectivity index (χ0v) is 14.8. The maximum Gasteiger partial charge on any atom is 0.323 e. The Morgan fingerprint density at radius 2 is 1.88 bits per heavy atom. The number of nitrogens with zero attached hydrogens (tertiary/aromatic N) is 4. The van der Waals surface area contributed by atoms with Crippen LogP contribution in [-0.4, -0.2) is 62.1 Å². The van der Waals surface area contributed by atoms with E-state index in [-0.39, 0.29) is 11.6 Å². The van der Waals surface area contributed by atoms with Gasteiger partial charge in [0.25, 0.3) is 5.91 Å². The van der Waals surface area contributed by atoms with E-state index in [1.54, 1.807) is 16.2 Å². The summed E-state index contributed by atoms with van der Waals surface area (Å²) in [5.74, 6) is -0.148. The zero-order chi connectivity index (χ0) is 17.9. The van der Waals surface area contributed by atoms with Gasteiger partial charge in [-0.3, -0.25) is 9.69 Å². The summed E-state index contributed by atoms with van der Waals surface area (Å²) in [7, 11) is 0. The van der Waals surface area contributed by atoms with Gasteiger partial charge < -0.3 is 14.9 Å². The number of rotatable bonds is 4. The number of H-pyrrole nitrogens is 2. The quantitative estimate of drug-likeness (QED) is 0.719. The van der Waals surface area contributed by atoms with Crippen LogP contribution in [0.15, 0.2) is 41.3 Å². The zero-order valence-electron chi connectivity index (χ0n) is 14.0. The normalized spacial score (nSPS) is 15.3. The van der Waals surface area contributed by atoms with Gasteiger partial charge in [-0.05, 0) is 0 Å². The van der Waals surface area contributed by atoms with Crippen LogP contribution >= 0.6 is 11.3 Å². The van der Waals surface area contributed by atoms with Gasteiger partial charge in [-0.15, -0.1) is 10.2 Å². The second kappa shape index (κ2) is 7.22. The van der Waals surface area contributed by atoms with Crippen LogP contribution in [0.4, 0.5) is 0 Å². The average Bonchev–Trinajstić information content (AvgIpc) is 3.32. The van der Waals surface area contributed by atoms with E-state index in [0.29, 0.717) is 18.8 Å². The summed E-state index contributed by atoms with van der Waals surface area (Å²) in [6, 6.07) is 10.0. The third-order valence-corrected chi connectivity index (χ3v) is 5.29. The van der Waals surface area contributed by atoms with Crippen LogP contribution in [-0.2, 0) is 6.54 Å². The lowest BCUT2D eigenvalue weighted by Crippen LogP contribution is -2.48. The number of carbonyl (C=O) groups is 1. The molecule has 0 radical (unpaired) electrons. The molecule has 26 heavy (non-hydrogen) atoms. The van der Waals surface area contributed by atoms with E-state index < -0.39 is 0 Å². The molecule has 1 aliphatic heterocycles. The molecule has 8 nitrogen and oxygen atoms in total. The lowest BCUT2D eigenvalue weighted by Gasteiger charge is -2.33. The molecule has 9 heteroatoms. The highest BCUT2D eigenvalue weighted by Crippen LogP contribution is 2.24. The second-order valence-corrected chi connectivity index (χ2v) is 7.15. The first-order valence-corrected chi connectivity index (χ1v) is 9.18. The first-order valence-electron chi connectivity index (χ1n) is 8.36. The van der Waals surface area contributed by atoms with Crippen molar-refractivity contribution in [3.8, 4) is 10.6 Å². The Morgan fingerprint density at radius 3 is 2.58 bits per heavy atom. The number of carbonyl (C=O) groups excluding carboxylic acids is 1. The number of imidazole rings is 1. The van der Waals surface area contributed by atoms with Gasteiger partial charge in [0.15, 0.2) is 0 Å². The molecule has 0 bridgehead atoms. The summed E-state index contributed by atoms with van der Waals surface area (Å²) < 4.78 is 0. The van der Waals surface area contributed by atoms with Crippen LogP contribution in [0.3, 0.4) is 0 Å². The molecule has 0 spiro atoms. The summed E-state index contributed by atoms with van der Waals surface area (Å²) in [6.45, 7) is 3.50. The van der Waals surface area contributed by atoms with Gasteiger partial charge in [0.05, 0.1) is 6.54 Å². The number of aromatic nitrogens is 4. The van der Waals surface area contributed by atoms with Crippen molar-refractivity contribution in [3.63, 3.8) is 0 Å². The van der Waals surface area contributed by atoms with Crippen LogP contribution in [0, 0.1) is 0 Å². The molecule has 0 atom stereocenters. The van der Waals surface area contributed by atoms with Crippen LogP contribution in [0.1, 0.15) is 15.5 Å². The van der Waals surface area contributed by atoms with Crippen molar-refractivity contribution in [2.45, 2.75) is 6.54 Å². The molecular formula is C17H18N6O2S. The molecule has 0 unspecified atom stereocenters. The molecule has 1 aromatic carbocycles. The molecule has 134 valence electrons. The number of amides is 1. The number of hydrogen-bond acceptors (Lipinski definition) is 6. The van der Waals surface area contributed by atoms with Gasteiger partial charge in [0, 0.05) is 37.9 Å². The molecule has 2 N–H and O–H groups in total. The summed E-state index contributed by atoms with van der Waals surface area (Å²) in [5.41, 5.74) is 1.02. The molecule has 1 saturated heterocycles. The third-order valence-electron chi connectivity index (χ3n) is 4.33. The maximum absolute atomic E-state index is 12.3. The molecule has 1 aliphatic rings. The minimum absolute atomic E-state index is 0.148. The van der Waals surface area contributed by atoms with E-state index >= 15 is 0 Å². The van der Waals surface area contributed by atoms with E-state index in [1.807, 2.05) is 30.3 Å². The summed E-state index contributed by atoms with van der Waals surface area (Å²) in [6.07, 6.45) is 1.42. The van der Waals surface area contributed by atoms with E-state index in [4.69, 9.17) is 0 Å². The third kappa shape index (κ3) is 3.58. The van der Waals surface area contributed by atoms with Crippen molar-refractivity contribution in [3.05, 3.63) is 57.7 Å². The fraction of sp³-hybridized carbons (Fsp3) is 0.294. The predicted octanol–water partition coefficient (Wildman–Crippen LogP) is 1.18. The molecular weight excluding hydrogens is 352 g/mol. The monoisotopic (exact) mass is 370 g/mol. The molecule has 1 amide bonds. The maximum atomic E-state index is 12.3. The van der Waals surface area contributed by atoms with Gasteiger partial charge in [-0.25, -0.2) is 4.79 Å². The smallest absolute Gasteiger partial charge is 0.323 e. The van der Waals surface area contributed by atoms with Gasteiger partial charge in [0.2, 0.25) is 0 Å². The fourth-order valence-corrected chi connectivity index (χ4v) is 3.82. The lowest BCUT2D eigenvalue weighted by molar-refractivity contribution is 0.0623. The van der Waals surface area contributed by atoms with Gasteiger partial charge in [-0.1, -0.05) is 41.7 Å². The fourth-order valence-electron chi connectivity index (χ4n) is 2.93. The Kier molecular flexibility index (Phi) is 4.63. The van der Waals surface area contributed by atoms with Gasteiger partial charge in [0.1, 0.15) is 15.7 Å². The van der Waals surface area contributed by atoms with E-state index in [1.165, 1.54) is 6.20 Å². The number of hydrogen-bond donors (Lipinski definition) is 2. The minimum Gasteiger partial charge on any atom is -0.335 e. The van der Waals surface area contributed by atoms with E-state index in [2.05, 4.69) is 25.1 Å². The Bertz CT molecular complexity index is 939. The molecule has 4 rings (SSSR count). The Morgan fingerprint density at radius 1 is 1.12 bits per heavy atom. The number of nitrogens with one attached hydrogen (secondary N) is 2. The van der Waals surface area contributed by atoms with Crippen LogP contribution < -0.4 is 5.69 Å². The Balaban J connectivity index is 1.33. The SMILES string of the molecule is O=C(c1c[nH]c(=O)[nH]1)N1CCN(Cc2nnc(-c3ccccc3)s2)CC1. The summed E-state index contributed by atoms with van der Waals surface area (Å²) in [4.78, 5) is 32.5. The van der Waals surface area contributed by atoms with Crippen molar-refractivity contribution in [2.24, 2.45) is 0 Å². The van der Waals surface area contributed by atoms with Crippen molar-refractivity contribution in [2.75, 3.05) is 26.2 Å². The van der Waals surface area contributed by atoms with Crippen molar-refractivity contribution < 1.29 is 4.79 Å². The molecule has 3 aromatic rings. The van der Waals surface area contributed by atoms with Gasteiger partial charge >= 0.3 is 5.69 Å². The second-order valence-electron chi connectivity index (χ2n) is 6.09. The first-order chi connectivity index (χ1) is 12.7. The van der Waals surface area contributed by atoms with Crippen LogP contribution in [0.25, 0.3) is 10.6 Å². The largest absolute Gasteiger partial charge is 0.335 e. The predicted molar refractivity (Wildman–Crippen MR) is 97.9 cm³/mol. The Hall–Kier alpha value is -2.78. The topological polar surface area (TPSA) is 98.0 Å². The van der Waals surface area contributed by atoms with E-state index in [9.17, 15) is 9.59 Å². The molecule has 3 heterocycles. The van der Waals surface area contributed by atoms with Crippen molar-refractivity contribution >= 4 is 17.2 Å². The standard InChI is InChI=1S/C17H18N6O2S/c24-16(13-10-18-17(25)19-13)23-8-6-22(7-9-23)11-14-20-21-15(26-14)12-4-2-1-3-5-12/h1-5,10H,6-9,11H2,(H2,18,19,25). The minimum atomic E-state index is -0.363. The lowest BCUT2D eigenvalue weighted by atomic mass is 10.2. The average molecular weight is 370 g/mol. The van der Waals surface area contributed by atoms with E-state index in [0.717, 1.165) is 35.2 Å². The Labute approximate surface area is 153 Å².